The molecule has 1 fully saturated rings. The molecule has 1 aromatic heterocycles. The van der Waals surface area contributed by atoms with Crippen LogP contribution < -0.4 is 5.32 Å². The molecule has 1 aliphatic rings. The van der Waals surface area contributed by atoms with E-state index >= 15 is 0 Å². The van der Waals surface area contributed by atoms with Crippen molar-refractivity contribution < 1.29 is 4.39 Å². The molecule has 0 radical (unpaired) electrons. The van der Waals surface area contributed by atoms with E-state index in [-0.39, 0.29) is 5.82 Å². The van der Waals surface area contributed by atoms with Gasteiger partial charge in [-0.05, 0) is 46.9 Å². The van der Waals surface area contributed by atoms with Crippen LogP contribution in [-0.2, 0) is 6.54 Å². The number of thiophene rings is 1. The molecule has 3 rings (SSSR count). The van der Waals surface area contributed by atoms with Gasteiger partial charge in [-0.3, -0.25) is 0 Å². The summed E-state index contributed by atoms with van der Waals surface area (Å²) in [6.07, 6.45) is 2.52. The lowest BCUT2D eigenvalue weighted by atomic mass is 10.1. The first kappa shape index (κ1) is 10.9. The average Bonchev–Trinajstić information content (AvgIpc) is 3.01. The van der Waals surface area contributed by atoms with Gasteiger partial charge in [-0.1, -0.05) is 12.1 Å². The summed E-state index contributed by atoms with van der Waals surface area (Å²) in [5, 5.41) is 7.33. The molecule has 1 saturated carbocycles. The first-order chi connectivity index (χ1) is 8.33. The summed E-state index contributed by atoms with van der Waals surface area (Å²) in [6, 6.07) is 8.13. The lowest BCUT2D eigenvalue weighted by Crippen LogP contribution is -2.15. The highest BCUT2D eigenvalue weighted by Crippen LogP contribution is 2.26. The lowest BCUT2D eigenvalue weighted by molar-refractivity contribution is 0.623. The standard InChI is InChI=1S/C14H14FNS/c15-14-7-10(8-16-12-2-3-12)1-4-13(14)11-5-6-17-9-11/h1,4-7,9,12,16H,2-3,8H2. The Labute approximate surface area is 104 Å². The molecule has 1 aromatic carbocycles. The SMILES string of the molecule is Fc1cc(CNC2CC2)ccc1-c1ccsc1. The van der Waals surface area contributed by atoms with E-state index < -0.39 is 0 Å². The van der Waals surface area contributed by atoms with Crippen molar-refractivity contribution in [1.29, 1.82) is 0 Å². The van der Waals surface area contributed by atoms with E-state index in [1.807, 2.05) is 29.0 Å². The van der Waals surface area contributed by atoms with Gasteiger partial charge >= 0.3 is 0 Å². The monoisotopic (exact) mass is 247 g/mol. The summed E-state index contributed by atoms with van der Waals surface area (Å²) < 4.78 is 13.9. The summed E-state index contributed by atoms with van der Waals surface area (Å²) >= 11 is 1.59. The highest BCUT2D eigenvalue weighted by atomic mass is 32.1. The van der Waals surface area contributed by atoms with Gasteiger partial charge in [0.05, 0.1) is 0 Å². The summed E-state index contributed by atoms with van der Waals surface area (Å²) in [5.41, 5.74) is 2.68. The maximum atomic E-state index is 13.9. The minimum Gasteiger partial charge on any atom is -0.310 e. The van der Waals surface area contributed by atoms with Crippen molar-refractivity contribution in [2.24, 2.45) is 0 Å². The van der Waals surface area contributed by atoms with Crippen molar-refractivity contribution in [2.45, 2.75) is 25.4 Å². The summed E-state index contributed by atoms with van der Waals surface area (Å²) in [4.78, 5) is 0. The fraction of sp³-hybridized carbons (Fsp3) is 0.286. The highest BCUT2D eigenvalue weighted by Gasteiger charge is 2.20. The smallest absolute Gasteiger partial charge is 0.131 e. The van der Waals surface area contributed by atoms with E-state index in [1.165, 1.54) is 12.8 Å². The Balaban J connectivity index is 1.78. The molecule has 0 amide bonds. The number of rotatable bonds is 4. The Kier molecular flexibility index (Phi) is 2.95. The van der Waals surface area contributed by atoms with Crippen LogP contribution in [-0.4, -0.2) is 6.04 Å². The molecule has 17 heavy (non-hydrogen) atoms. The van der Waals surface area contributed by atoms with Crippen LogP contribution >= 0.6 is 11.3 Å². The number of hydrogen-bond donors (Lipinski definition) is 1. The Bertz CT molecular complexity index is 503. The molecule has 3 heteroatoms. The van der Waals surface area contributed by atoms with Gasteiger partial charge < -0.3 is 5.32 Å². The van der Waals surface area contributed by atoms with E-state index in [4.69, 9.17) is 0 Å². The molecule has 88 valence electrons. The molecule has 1 heterocycles. The zero-order valence-electron chi connectivity index (χ0n) is 9.45. The second kappa shape index (κ2) is 4.59. The quantitative estimate of drug-likeness (QED) is 0.866. The largest absolute Gasteiger partial charge is 0.310 e. The Morgan fingerprint density at radius 1 is 1.29 bits per heavy atom. The predicted octanol–water partition coefficient (Wildman–Crippen LogP) is 3.81. The van der Waals surface area contributed by atoms with Gasteiger partial charge in [0, 0.05) is 18.2 Å². The zero-order chi connectivity index (χ0) is 11.7. The first-order valence-corrected chi connectivity index (χ1v) is 6.81. The van der Waals surface area contributed by atoms with Gasteiger partial charge in [-0.25, -0.2) is 4.39 Å². The number of benzene rings is 1. The van der Waals surface area contributed by atoms with Gasteiger partial charge in [0.1, 0.15) is 5.82 Å². The molecule has 2 aromatic rings. The van der Waals surface area contributed by atoms with Crippen LogP contribution in [0.5, 0.6) is 0 Å². The molecule has 0 atom stereocenters. The maximum absolute atomic E-state index is 13.9. The fourth-order valence-corrected chi connectivity index (χ4v) is 2.53. The van der Waals surface area contributed by atoms with Crippen LogP contribution in [0.3, 0.4) is 0 Å². The minimum atomic E-state index is -0.126. The summed E-state index contributed by atoms with van der Waals surface area (Å²) in [5.74, 6) is -0.126. The van der Waals surface area contributed by atoms with E-state index in [9.17, 15) is 4.39 Å². The minimum absolute atomic E-state index is 0.126. The van der Waals surface area contributed by atoms with Gasteiger partial charge in [0.2, 0.25) is 0 Å². The summed E-state index contributed by atoms with van der Waals surface area (Å²) in [7, 11) is 0. The van der Waals surface area contributed by atoms with E-state index in [2.05, 4.69) is 5.32 Å². The molecule has 0 aliphatic heterocycles. The van der Waals surface area contributed by atoms with Crippen molar-refractivity contribution >= 4 is 11.3 Å². The Morgan fingerprint density at radius 3 is 2.82 bits per heavy atom. The van der Waals surface area contributed by atoms with E-state index in [0.717, 1.165) is 17.7 Å². The van der Waals surface area contributed by atoms with Crippen molar-refractivity contribution in [3.05, 3.63) is 46.4 Å². The molecule has 0 saturated heterocycles. The highest BCUT2D eigenvalue weighted by molar-refractivity contribution is 7.08. The normalized spacial score (nSPS) is 15.1. The van der Waals surface area contributed by atoms with Crippen LogP contribution in [0.1, 0.15) is 18.4 Å². The first-order valence-electron chi connectivity index (χ1n) is 5.87. The Hall–Kier alpha value is -1.19. The average molecular weight is 247 g/mol. The number of hydrogen-bond acceptors (Lipinski definition) is 2. The third kappa shape index (κ3) is 2.56. The molecule has 0 bridgehead atoms. The second-order valence-electron chi connectivity index (χ2n) is 4.48. The molecule has 1 nitrogen and oxygen atoms in total. The zero-order valence-corrected chi connectivity index (χ0v) is 10.3. The van der Waals surface area contributed by atoms with Crippen molar-refractivity contribution in [2.75, 3.05) is 0 Å². The maximum Gasteiger partial charge on any atom is 0.131 e. The molecule has 0 spiro atoms. The second-order valence-corrected chi connectivity index (χ2v) is 5.26. The lowest BCUT2D eigenvalue weighted by Gasteiger charge is -2.06. The van der Waals surface area contributed by atoms with Crippen LogP contribution in [0.4, 0.5) is 4.39 Å². The number of halogens is 1. The van der Waals surface area contributed by atoms with Gasteiger partial charge in [0.25, 0.3) is 0 Å². The fourth-order valence-electron chi connectivity index (χ4n) is 1.87. The molecular formula is C14H14FNS. The van der Waals surface area contributed by atoms with E-state index in [0.29, 0.717) is 11.6 Å². The molecule has 0 unspecified atom stereocenters. The van der Waals surface area contributed by atoms with Crippen molar-refractivity contribution in [3.63, 3.8) is 0 Å². The summed E-state index contributed by atoms with van der Waals surface area (Å²) in [6.45, 7) is 0.769. The number of nitrogens with one attached hydrogen (secondary N) is 1. The van der Waals surface area contributed by atoms with Crippen molar-refractivity contribution in [1.82, 2.24) is 5.32 Å². The molecule has 1 N–H and O–H groups in total. The topological polar surface area (TPSA) is 12.0 Å². The van der Waals surface area contributed by atoms with E-state index in [1.54, 1.807) is 17.4 Å². The Morgan fingerprint density at radius 2 is 2.18 bits per heavy atom. The third-order valence-electron chi connectivity index (χ3n) is 3.04. The van der Waals surface area contributed by atoms with Gasteiger partial charge in [-0.2, -0.15) is 11.3 Å². The van der Waals surface area contributed by atoms with Gasteiger partial charge in [-0.15, -0.1) is 0 Å². The molecule has 1 aliphatic carbocycles. The molecular weight excluding hydrogens is 233 g/mol. The van der Waals surface area contributed by atoms with Gasteiger partial charge in [0.15, 0.2) is 0 Å². The van der Waals surface area contributed by atoms with Crippen molar-refractivity contribution in [3.8, 4) is 11.1 Å². The van der Waals surface area contributed by atoms with Crippen LogP contribution in [0.15, 0.2) is 35.0 Å². The van der Waals surface area contributed by atoms with Crippen LogP contribution in [0.2, 0.25) is 0 Å². The van der Waals surface area contributed by atoms with Crippen LogP contribution in [0, 0.1) is 5.82 Å². The van der Waals surface area contributed by atoms with Crippen LogP contribution in [0.25, 0.3) is 11.1 Å². The third-order valence-corrected chi connectivity index (χ3v) is 3.72. The predicted molar refractivity (Wildman–Crippen MR) is 69.6 cm³/mol.